The van der Waals surface area contributed by atoms with Crippen molar-refractivity contribution in [3.05, 3.63) is 59.9 Å². The Balaban J connectivity index is 1.79. The van der Waals surface area contributed by atoms with Crippen LogP contribution in [0, 0.1) is 0 Å². The highest BCUT2D eigenvalue weighted by atomic mass is 35.5. The van der Waals surface area contributed by atoms with Gasteiger partial charge in [-0.15, -0.1) is 0 Å². The van der Waals surface area contributed by atoms with Gasteiger partial charge >= 0.3 is 0 Å². The van der Waals surface area contributed by atoms with Crippen LogP contribution in [0.25, 0.3) is 5.69 Å². The van der Waals surface area contributed by atoms with E-state index in [2.05, 4.69) is 15.7 Å². The third kappa shape index (κ3) is 5.65. The lowest BCUT2D eigenvalue weighted by molar-refractivity contribution is -0.114. The van der Waals surface area contributed by atoms with E-state index in [0.29, 0.717) is 29.5 Å². The molecule has 11 heteroatoms. The molecule has 3 aromatic rings. The molecule has 176 valence electrons. The lowest BCUT2D eigenvalue weighted by Gasteiger charge is -2.20. The van der Waals surface area contributed by atoms with Gasteiger partial charge in [0, 0.05) is 30.5 Å². The normalized spacial score (nSPS) is 11.4. The molecule has 0 saturated heterocycles. The maximum atomic E-state index is 12.9. The standard InChI is InChI=1S/C22H26ClN5O4S/c1-4-27(5-2)33(30,31)17-8-10-21(32-3)19(14-17)26-22(29)15-24-18-13-16(23)7-9-20(18)28-12-6-11-25-28/h6-14,24H,4-5,15H2,1-3H3,(H,26,29). The van der Waals surface area contributed by atoms with Gasteiger partial charge in [-0.3, -0.25) is 4.79 Å². The molecule has 0 spiro atoms. The number of nitrogens with zero attached hydrogens (tertiary/aromatic N) is 3. The number of aromatic nitrogens is 2. The molecule has 3 rings (SSSR count). The lowest BCUT2D eigenvalue weighted by atomic mass is 10.2. The summed E-state index contributed by atoms with van der Waals surface area (Å²) in [6, 6.07) is 11.4. The fourth-order valence-electron chi connectivity index (χ4n) is 3.29. The van der Waals surface area contributed by atoms with Crippen molar-refractivity contribution in [2.75, 3.05) is 37.4 Å². The molecule has 1 amide bonds. The summed E-state index contributed by atoms with van der Waals surface area (Å²) in [5.74, 6) is -0.0427. The van der Waals surface area contributed by atoms with Crippen molar-refractivity contribution in [3.63, 3.8) is 0 Å². The molecule has 0 bridgehead atoms. The highest BCUT2D eigenvalue weighted by molar-refractivity contribution is 7.89. The van der Waals surface area contributed by atoms with Crippen LogP contribution >= 0.6 is 11.6 Å². The molecule has 0 aliphatic heterocycles. The largest absolute Gasteiger partial charge is 0.495 e. The highest BCUT2D eigenvalue weighted by Gasteiger charge is 2.23. The average molecular weight is 492 g/mol. The van der Waals surface area contributed by atoms with Crippen LogP contribution in [0.5, 0.6) is 5.75 Å². The number of methoxy groups -OCH3 is 1. The average Bonchev–Trinajstić information content (AvgIpc) is 3.33. The van der Waals surface area contributed by atoms with E-state index in [0.717, 1.165) is 5.69 Å². The van der Waals surface area contributed by atoms with Crippen molar-refractivity contribution in [1.82, 2.24) is 14.1 Å². The Labute approximate surface area is 198 Å². The summed E-state index contributed by atoms with van der Waals surface area (Å²) in [6.07, 6.45) is 3.43. The number of carbonyl (C=O) groups excluding carboxylic acids is 1. The molecule has 0 saturated carbocycles. The molecule has 0 aliphatic carbocycles. The molecule has 0 fully saturated rings. The predicted molar refractivity (Wildman–Crippen MR) is 129 cm³/mol. The van der Waals surface area contributed by atoms with E-state index in [9.17, 15) is 13.2 Å². The Bertz CT molecular complexity index is 1210. The van der Waals surface area contributed by atoms with E-state index in [4.69, 9.17) is 16.3 Å². The first kappa shape index (κ1) is 24.6. The van der Waals surface area contributed by atoms with E-state index in [1.807, 2.05) is 0 Å². The molecule has 0 aliphatic rings. The van der Waals surface area contributed by atoms with Gasteiger partial charge in [-0.05, 0) is 42.5 Å². The van der Waals surface area contributed by atoms with Crippen molar-refractivity contribution in [1.29, 1.82) is 0 Å². The summed E-state index contributed by atoms with van der Waals surface area (Å²) in [6.45, 7) is 4.13. The fourth-order valence-corrected chi connectivity index (χ4v) is 4.95. The molecule has 1 aromatic heterocycles. The van der Waals surface area contributed by atoms with Crippen LogP contribution in [0.15, 0.2) is 59.8 Å². The number of ether oxygens (including phenoxy) is 1. The Morgan fingerprint density at radius 3 is 2.55 bits per heavy atom. The number of hydrogen-bond acceptors (Lipinski definition) is 6. The van der Waals surface area contributed by atoms with Gasteiger partial charge in [0.15, 0.2) is 0 Å². The zero-order chi connectivity index (χ0) is 24.0. The van der Waals surface area contributed by atoms with Crippen molar-refractivity contribution >= 4 is 38.9 Å². The second-order valence-electron chi connectivity index (χ2n) is 6.97. The van der Waals surface area contributed by atoms with Gasteiger partial charge in [-0.1, -0.05) is 25.4 Å². The Morgan fingerprint density at radius 2 is 1.91 bits per heavy atom. The van der Waals surface area contributed by atoms with E-state index in [1.54, 1.807) is 55.2 Å². The molecule has 9 nitrogen and oxygen atoms in total. The minimum absolute atomic E-state index is 0.0751. The SMILES string of the molecule is CCN(CC)S(=O)(=O)c1ccc(OC)c(NC(=O)CNc2cc(Cl)ccc2-n2cccn2)c1. The van der Waals surface area contributed by atoms with Crippen LogP contribution in [0.1, 0.15) is 13.8 Å². The number of nitrogens with one attached hydrogen (secondary N) is 2. The summed E-state index contributed by atoms with van der Waals surface area (Å²) in [7, 11) is -2.24. The smallest absolute Gasteiger partial charge is 0.243 e. The fraction of sp³-hybridized carbons (Fsp3) is 0.273. The molecule has 0 atom stereocenters. The third-order valence-corrected chi connectivity index (χ3v) is 7.22. The molecular weight excluding hydrogens is 466 g/mol. The minimum Gasteiger partial charge on any atom is -0.495 e. The second kappa shape index (κ2) is 10.7. The van der Waals surface area contributed by atoms with Crippen LogP contribution in [-0.2, 0) is 14.8 Å². The number of amides is 1. The molecular formula is C22H26ClN5O4S. The minimum atomic E-state index is -3.69. The van der Waals surface area contributed by atoms with Gasteiger partial charge in [0.05, 0.1) is 35.6 Å². The van der Waals surface area contributed by atoms with Crippen molar-refractivity contribution < 1.29 is 17.9 Å². The maximum Gasteiger partial charge on any atom is 0.243 e. The monoisotopic (exact) mass is 491 g/mol. The summed E-state index contributed by atoms with van der Waals surface area (Å²) in [5.41, 5.74) is 1.60. The van der Waals surface area contributed by atoms with Gasteiger partial charge in [-0.2, -0.15) is 9.40 Å². The Kier molecular flexibility index (Phi) is 7.96. The van der Waals surface area contributed by atoms with E-state index < -0.39 is 15.9 Å². The van der Waals surface area contributed by atoms with Crippen LogP contribution in [0.2, 0.25) is 5.02 Å². The zero-order valence-electron chi connectivity index (χ0n) is 18.6. The maximum absolute atomic E-state index is 12.9. The Hall–Kier alpha value is -3.08. The molecule has 2 aromatic carbocycles. The summed E-state index contributed by atoms with van der Waals surface area (Å²) < 4.78 is 34.0. The molecule has 1 heterocycles. The highest BCUT2D eigenvalue weighted by Crippen LogP contribution is 2.29. The first-order chi connectivity index (χ1) is 15.8. The number of benzene rings is 2. The van der Waals surface area contributed by atoms with Gasteiger partial charge < -0.3 is 15.4 Å². The van der Waals surface area contributed by atoms with Crippen LogP contribution < -0.4 is 15.4 Å². The summed E-state index contributed by atoms with van der Waals surface area (Å²) in [5, 5.41) is 10.5. The number of halogens is 1. The second-order valence-corrected chi connectivity index (χ2v) is 9.34. The number of carbonyl (C=O) groups is 1. The van der Waals surface area contributed by atoms with E-state index in [1.165, 1.54) is 29.6 Å². The summed E-state index contributed by atoms with van der Waals surface area (Å²) in [4.78, 5) is 12.8. The zero-order valence-corrected chi connectivity index (χ0v) is 20.2. The summed E-state index contributed by atoms with van der Waals surface area (Å²) >= 11 is 6.12. The lowest BCUT2D eigenvalue weighted by Crippen LogP contribution is -2.30. The topological polar surface area (TPSA) is 106 Å². The molecule has 33 heavy (non-hydrogen) atoms. The van der Waals surface area contributed by atoms with Crippen LogP contribution in [0.4, 0.5) is 11.4 Å². The van der Waals surface area contributed by atoms with Gasteiger partial charge in [-0.25, -0.2) is 13.1 Å². The molecule has 0 radical (unpaired) electrons. The van der Waals surface area contributed by atoms with Gasteiger partial charge in [0.2, 0.25) is 15.9 Å². The van der Waals surface area contributed by atoms with E-state index in [-0.39, 0.29) is 17.1 Å². The number of anilines is 2. The Morgan fingerprint density at radius 1 is 1.15 bits per heavy atom. The molecule has 0 unspecified atom stereocenters. The number of rotatable bonds is 10. The van der Waals surface area contributed by atoms with Crippen molar-refractivity contribution in [2.45, 2.75) is 18.7 Å². The first-order valence-corrected chi connectivity index (χ1v) is 12.1. The van der Waals surface area contributed by atoms with Crippen molar-refractivity contribution in [2.24, 2.45) is 0 Å². The quantitative estimate of drug-likeness (QED) is 0.448. The van der Waals surface area contributed by atoms with Crippen LogP contribution in [-0.4, -0.2) is 55.2 Å². The van der Waals surface area contributed by atoms with Gasteiger partial charge in [0.25, 0.3) is 0 Å². The van der Waals surface area contributed by atoms with Crippen molar-refractivity contribution in [3.8, 4) is 11.4 Å². The number of hydrogen-bond donors (Lipinski definition) is 2. The molecule has 2 N–H and O–H groups in total. The van der Waals surface area contributed by atoms with E-state index >= 15 is 0 Å². The first-order valence-electron chi connectivity index (χ1n) is 10.3. The number of sulfonamides is 1. The van der Waals surface area contributed by atoms with Gasteiger partial charge in [0.1, 0.15) is 5.75 Å². The third-order valence-electron chi connectivity index (χ3n) is 4.94. The van der Waals surface area contributed by atoms with Crippen LogP contribution in [0.3, 0.4) is 0 Å². The predicted octanol–water partition coefficient (Wildman–Crippen LogP) is 3.62.